The molecule has 0 bridgehead atoms. The average molecular weight is 277 g/mol. The standard InChI is InChI=1S/C18H28FN/c1-14-9-11-20(12-10-14)15(2)13-18(3,4)16-5-7-17(19)8-6-16/h5-8,14-15H,9-13H2,1-4H3. The van der Waals surface area contributed by atoms with Crippen molar-refractivity contribution in [3.63, 3.8) is 0 Å². The first-order valence-electron chi connectivity index (χ1n) is 7.88. The first-order valence-corrected chi connectivity index (χ1v) is 7.88. The average Bonchev–Trinajstić information content (AvgIpc) is 2.39. The molecule has 0 amide bonds. The zero-order valence-electron chi connectivity index (χ0n) is 13.3. The Hall–Kier alpha value is -0.890. The van der Waals surface area contributed by atoms with Crippen molar-refractivity contribution in [3.8, 4) is 0 Å². The lowest BCUT2D eigenvalue weighted by Gasteiger charge is -2.39. The van der Waals surface area contributed by atoms with Gasteiger partial charge in [-0.1, -0.05) is 32.9 Å². The fraction of sp³-hybridized carbons (Fsp3) is 0.667. The van der Waals surface area contributed by atoms with Crippen LogP contribution in [0.4, 0.5) is 4.39 Å². The van der Waals surface area contributed by atoms with Crippen LogP contribution in [-0.4, -0.2) is 24.0 Å². The van der Waals surface area contributed by atoms with Crippen molar-refractivity contribution < 1.29 is 4.39 Å². The molecular weight excluding hydrogens is 249 g/mol. The van der Waals surface area contributed by atoms with Crippen molar-refractivity contribution in [2.24, 2.45) is 5.92 Å². The highest BCUT2D eigenvalue weighted by molar-refractivity contribution is 5.24. The molecule has 1 fully saturated rings. The van der Waals surface area contributed by atoms with Crippen LogP contribution in [0.3, 0.4) is 0 Å². The Labute approximate surface area is 123 Å². The van der Waals surface area contributed by atoms with E-state index >= 15 is 0 Å². The minimum absolute atomic E-state index is 0.0934. The largest absolute Gasteiger partial charge is 0.301 e. The van der Waals surface area contributed by atoms with Crippen molar-refractivity contribution in [2.75, 3.05) is 13.1 Å². The highest BCUT2D eigenvalue weighted by Gasteiger charge is 2.28. The third kappa shape index (κ3) is 3.82. The van der Waals surface area contributed by atoms with Crippen LogP contribution in [0.15, 0.2) is 24.3 Å². The van der Waals surface area contributed by atoms with E-state index in [2.05, 4.69) is 32.6 Å². The van der Waals surface area contributed by atoms with Gasteiger partial charge >= 0.3 is 0 Å². The number of piperidine rings is 1. The number of likely N-dealkylation sites (tertiary alicyclic amines) is 1. The Morgan fingerprint density at radius 2 is 1.75 bits per heavy atom. The zero-order valence-corrected chi connectivity index (χ0v) is 13.3. The van der Waals surface area contributed by atoms with Crippen molar-refractivity contribution in [1.82, 2.24) is 4.90 Å². The molecule has 1 aromatic rings. The molecule has 0 radical (unpaired) electrons. The Bertz CT molecular complexity index is 416. The first kappa shape index (κ1) is 15.5. The van der Waals surface area contributed by atoms with E-state index in [4.69, 9.17) is 0 Å². The number of hydrogen-bond acceptors (Lipinski definition) is 1. The molecule has 2 rings (SSSR count). The van der Waals surface area contributed by atoms with Gasteiger partial charge in [0.25, 0.3) is 0 Å². The molecule has 1 nitrogen and oxygen atoms in total. The Kier molecular flexibility index (Phi) is 4.85. The van der Waals surface area contributed by atoms with Crippen LogP contribution in [0, 0.1) is 11.7 Å². The molecule has 0 saturated carbocycles. The predicted octanol–water partition coefficient (Wildman–Crippen LogP) is 4.61. The molecule has 1 unspecified atom stereocenters. The van der Waals surface area contributed by atoms with Gasteiger partial charge in [-0.3, -0.25) is 0 Å². The summed E-state index contributed by atoms with van der Waals surface area (Å²) < 4.78 is 13.1. The SMILES string of the molecule is CC1CCN(C(C)CC(C)(C)c2ccc(F)cc2)CC1. The van der Waals surface area contributed by atoms with Crippen molar-refractivity contribution in [3.05, 3.63) is 35.6 Å². The molecule has 0 N–H and O–H groups in total. The third-order valence-electron chi connectivity index (χ3n) is 4.87. The van der Waals surface area contributed by atoms with Gasteiger partial charge in [-0.15, -0.1) is 0 Å². The smallest absolute Gasteiger partial charge is 0.123 e. The highest BCUT2D eigenvalue weighted by Crippen LogP contribution is 2.31. The van der Waals surface area contributed by atoms with Crippen molar-refractivity contribution in [1.29, 1.82) is 0 Å². The maximum Gasteiger partial charge on any atom is 0.123 e. The summed E-state index contributed by atoms with van der Waals surface area (Å²) in [6.07, 6.45) is 3.76. The van der Waals surface area contributed by atoms with Crippen LogP contribution in [-0.2, 0) is 5.41 Å². The van der Waals surface area contributed by atoms with E-state index in [1.165, 1.54) is 31.5 Å². The number of rotatable bonds is 4. The molecule has 1 aliphatic rings. The molecule has 112 valence electrons. The van der Waals surface area contributed by atoms with Crippen LogP contribution in [0.5, 0.6) is 0 Å². The maximum atomic E-state index is 13.1. The van der Waals surface area contributed by atoms with E-state index < -0.39 is 0 Å². The summed E-state index contributed by atoms with van der Waals surface area (Å²) >= 11 is 0. The summed E-state index contributed by atoms with van der Waals surface area (Å²) in [6, 6.07) is 7.59. The van der Waals surface area contributed by atoms with Crippen LogP contribution in [0.2, 0.25) is 0 Å². The van der Waals surface area contributed by atoms with Crippen LogP contribution in [0.1, 0.15) is 52.5 Å². The molecular formula is C18H28FN. The number of benzene rings is 1. The molecule has 20 heavy (non-hydrogen) atoms. The lowest BCUT2D eigenvalue weighted by Crippen LogP contribution is -2.42. The Balaban J connectivity index is 1.98. The molecule has 1 aromatic carbocycles. The summed E-state index contributed by atoms with van der Waals surface area (Å²) in [4.78, 5) is 2.62. The maximum absolute atomic E-state index is 13.1. The minimum Gasteiger partial charge on any atom is -0.301 e. The van der Waals surface area contributed by atoms with Crippen LogP contribution in [0.25, 0.3) is 0 Å². The zero-order chi connectivity index (χ0) is 14.8. The van der Waals surface area contributed by atoms with Gasteiger partial charge in [0.1, 0.15) is 5.82 Å². The van der Waals surface area contributed by atoms with Gasteiger partial charge in [0.2, 0.25) is 0 Å². The Morgan fingerprint density at radius 1 is 1.20 bits per heavy atom. The van der Waals surface area contributed by atoms with E-state index in [1.54, 1.807) is 12.1 Å². The summed E-state index contributed by atoms with van der Waals surface area (Å²) in [5.41, 5.74) is 1.33. The van der Waals surface area contributed by atoms with E-state index in [9.17, 15) is 4.39 Å². The van der Waals surface area contributed by atoms with Gasteiger partial charge < -0.3 is 4.90 Å². The molecule has 0 aromatic heterocycles. The van der Waals surface area contributed by atoms with Crippen molar-refractivity contribution >= 4 is 0 Å². The fourth-order valence-electron chi connectivity index (χ4n) is 3.36. The lowest BCUT2D eigenvalue weighted by atomic mass is 9.79. The quantitative estimate of drug-likeness (QED) is 0.776. The van der Waals surface area contributed by atoms with Gasteiger partial charge in [-0.05, 0) is 68.3 Å². The van der Waals surface area contributed by atoms with E-state index in [-0.39, 0.29) is 11.2 Å². The normalized spacial score (nSPS) is 20.1. The number of nitrogens with zero attached hydrogens (tertiary/aromatic N) is 1. The van der Waals surface area contributed by atoms with Crippen LogP contribution < -0.4 is 0 Å². The fourth-order valence-corrected chi connectivity index (χ4v) is 3.36. The summed E-state index contributed by atoms with van der Waals surface area (Å²) in [7, 11) is 0. The van der Waals surface area contributed by atoms with Gasteiger partial charge in [0.05, 0.1) is 0 Å². The predicted molar refractivity (Wildman–Crippen MR) is 83.5 cm³/mol. The van der Waals surface area contributed by atoms with E-state index in [1.807, 2.05) is 12.1 Å². The number of hydrogen-bond donors (Lipinski definition) is 0. The molecule has 0 spiro atoms. The molecule has 0 aliphatic carbocycles. The van der Waals surface area contributed by atoms with E-state index in [0.717, 1.165) is 12.3 Å². The molecule has 1 atom stereocenters. The Morgan fingerprint density at radius 3 is 2.30 bits per heavy atom. The summed E-state index contributed by atoms with van der Waals surface area (Å²) in [5, 5.41) is 0. The lowest BCUT2D eigenvalue weighted by molar-refractivity contribution is 0.127. The molecule has 1 aliphatic heterocycles. The van der Waals surface area contributed by atoms with Gasteiger partial charge in [0.15, 0.2) is 0 Å². The van der Waals surface area contributed by atoms with E-state index in [0.29, 0.717) is 6.04 Å². The molecule has 1 saturated heterocycles. The second-order valence-corrected chi connectivity index (χ2v) is 7.16. The van der Waals surface area contributed by atoms with Crippen LogP contribution >= 0.6 is 0 Å². The highest BCUT2D eigenvalue weighted by atomic mass is 19.1. The minimum atomic E-state index is -0.150. The second kappa shape index (κ2) is 6.26. The summed E-state index contributed by atoms with van der Waals surface area (Å²) in [5.74, 6) is 0.728. The first-order chi connectivity index (χ1) is 9.38. The second-order valence-electron chi connectivity index (χ2n) is 7.16. The molecule has 1 heterocycles. The number of halogens is 1. The molecule has 2 heteroatoms. The summed E-state index contributed by atoms with van der Waals surface area (Å²) in [6.45, 7) is 11.7. The van der Waals surface area contributed by atoms with Gasteiger partial charge in [-0.25, -0.2) is 4.39 Å². The van der Waals surface area contributed by atoms with Crippen molar-refractivity contribution in [2.45, 2.75) is 58.4 Å². The monoisotopic (exact) mass is 277 g/mol. The third-order valence-corrected chi connectivity index (χ3v) is 4.87. The van der Waals surface area contributed by atoms with Gasteiger partial charge in [-0.2, -0.15) is 0 Å². The van der Waals surface area contributed by atoms with Gasteiger partial charge in [0, 0.05) is 6.04 Å². The topological polar surface area (TPSA) is 3.24 Å².